The Labute approximate surface area is 228 Å². The largest absolute Gasteiger partial charge is 0.481 e. The second-order valence-electron chi connectivity index (χ2n) is 9.15. The molecule has 1 aromatic carbocycles. The number of carboxylic acids is 2. The topological polar surface area (TPSA) is 144 Å². The molecule has 38 heavy (non-hydrogen) atoms. The number of carbonyl (C=O) groups is 3. The molecule has 0 aliphatic rings. The number of nitrogens with zero attached hydrogens (tertiary/aromatic N) is 3. The molecule has 0 fully saturated rings. The molecule has 0 bridgehead atoms. The molecule has 0 saturated heterocycles. The van der Waals surface area contributed by atoms with Crippen LogP contribution in [0.1, 0.15) is 102 Å². The highest BCUT2D eigenvalue weighted by Gasteiger charge is 2.21. The zero-order valence-corrected chi connectivity index (χ0v) is 23.7. The Kier molecular flexibility index (Phi) is 21.3. The van der Waals surface area contributed by atoms with Crippen molar-refractivity contribution in [2.45, 2.75) is 97.9 Å². The third-order valence-corrected chi connectivity index (χ3v) is 5.62. The first kappa shape index (κ1) is 35.0. The molecule has 0 spiro atoms. The van der Waals surface area contributed by atoms with E-state index in [1.54, 1.807) is 12.1 Å². The van der Waals surface area contributed by atoms with E-state index in [1.807, 2.05) is 5.01 Å². The second-order valence-corrected chi connectivity index (χ2v) is 9.15. The van der Waals surface area contributed by atoms with E-state index in [0.717, 1.165) is 38.8 Å². The maximum absolute atomic E-state index is 12.2. The fourth-order valence-electron chi connectivity index (χ4n) is 3.17. The van der Waals surface area contributed by atoms with Crippen LogP contribution >= 0.6 is 0 Å². The van der Waals surface area contributed by atoms with Gasteiger partial charge in [-0.1, -0.05) is 58.6 Å². The van der Waals surface area contributed by atoms with E-state index in [0.29, 0.717) is 5.69 Å². The zero-order chi connectivity index (χ0) is 28.6. The Bertz CT molecular complexity index is 787. The van der Waals surface area contributed by atoms with E-state index in [9.17, 15) is 14.4 Å². The lowest BCUT2D eigenvalue weighted by molar-refractivity contribution is -0.140. The molecular formula is C28H49N5O5. The van der Waals surface area contributed by atoms with Crippen molar-refractivity contribution in [3.8, 4) is 0 Å². The summed E-state index contributed by atoms with van der Waals surface area (Å²) in [6, 6.07) is 5.06. The Morgan fingerprint density at radius 3 is 1.82 bits per heavy atom. The number of benzene rings is 1. The van der Waals surface area contributed by atoms with E-state index in [-0.39, 0.29) is 18.4 Å². The molecule has 0 radical (unpaired) electrons. The number of amides is 1. The van der Waals surface area contributed by atoms with E-state index < -0.39 is 23.9 Å². The molecule has 0 aromatic heterocycles. The zero-order valence-electron chi connectivity index (χ0n) is 23.7. The van der Waals surface area contributed by atoms with Gasteiger partial charge >= 0.3 is 11.9 Å². The number of hydrogen-bond acceptors (Lipinski definition) is 6. The maximum atomic E-state index is 12.2. The SMILES string of the molecule is CCCCN(CCCC)N=Nc1ccc(C(=O)N[C@@H](CCC(=O)O)C(=O)O)cc1.CCCCNCCCC. The van der Waals surface area contributed by atoms with Crippen molar-refractivity contribution < 1.29 is 24.6 Å². The number of nitrogens with one attached hydrogen (secondary N) is 2. The molecule has 1 aromatic rings. The lowest BCUT2D eigenvalue weighted by Gasteiger charge is -2.16. The van der Waals surface area contributed by atoms with Gasteiger partial charge in [0.1, 0.15) is 6.04 Å². The molecule has 0 unspecified atom stereocenters. The van der Waals surface area contributed by atoms with Crippen molar-refractivity contribution in [3.05, 3.63) is 29.8 Å². The predicted octanol–water partition coefficient (Wildman–Crippen LogP) is 5.81. The molecule has 216 valence electrons. The van der Waals surface area contributed by atoms with Crippen molar-refractivity contribution in [2.75, 3.05) is 26.2 Å². The molecule has 0 saturated carbocycles. The van der Waals surface area contributed by atoms with Crippen LogP contribution in [0.5, 0.6) is 0 Å². The van der Waals surface area contributed by atoms with Gasteiger partial charge in [0.25, 0.3) is 5.91 Å². The summed E-state index contributed by atoms with van der Waals surface area (Å²) in [6.07, 6.45) is 8.95. The van der Waals surface area contributed by atoms with Gasteiger partial charge in [-0.15, -0.1) is 5.11 Å². The fourth-order valence-corrected chi connectivity index (χ4v) is 3.17. The number of rotatable bonds is 20. The standard InChI is InChI=1S/C20H30N4O5.C8H19N/c1-3-5-13-24(14-6-4-2)23-22-16-9-7-15(8-10-16)19(27)21-17(20(28)29)11-12-18(25)26;1-3-5-7-9-8-6-4-2/h7-10,17H,3-6,11-14H2,1-2H3,(H,21,27)(H,25,26)(H,28,29);9H,3-8H2,1-2H3/t17-;/m0./s1. The van der Waals surface area contributed by atoms with Crippen molar-refractivity contribution in [2.24, 2.45) is 10.3 Å². The highest BCUT2D eigenvalue weighted by Crippen LogP contribution is 2.15. The summed E-state index contributed by atoms with van der Waals surface area (Å²) in [5.74, 6) is -2.98. The van der Waals surface area contributed by atoms with E-state index in [4.69, 9.17) is 10.2 Å². The van der Waals surface area contributed by atoms with Crippen LogP contribution in [-0.4, -0.2) is 65.3 Å². The van der Waals surface area contributed by atoms with Gasteiger partial charge in [0.05, 0.1) is 5.69 Å². The van der Waals surface area contributed by atoms with Crippen LogP contribution in [0.25, 0.3) is 0 Å². The smallest absolute Gasteiger partial charge is 0.326 e. The highest BCUT2D eigenvalue weighted by atomic mass is 16.4. The number of unbranched alkanes of at least 4 members (excludes halogenated alkanes) is 4. The van der Waals surface area contributed by atoms with Crippen molar-refractivity contribution >= 4 is 23.5 Å². The van der Waals surface area contributed by atoms with Crippen LogP contribution < -0.4 is 10.6 Å². The van der Waals surface area contributed by atoms with Crippen LogP contribution in [0.3, 0.4) is 0 Å². The summed E-state index contributed by atoms with van der Waals surface area (Å²) < 4.78 is 0. The van der Waals surface area contributed by atoms with E-state index >= 15 is 0 Å². The summed E-state index contributed by atoms with van der Waals surface area (Å²) in [7, 11) is 0. The number of carbonyl (C=O) groups excluding carboxylic acids is 1. The summed E-state index contributed by atoms with van der Waals surface area (Å²) in [4.78, 5) is 34.0. The summed E-state index contributed by atoms with van der Waals surface area (Å²) in [5, 5.41) is 34.0. The normalized spacial score (nSPS) is 11.5. The molecule has 0 aliphatic heterocycles. The highest BCUT2D eigenvalue weighted by molar-refractivity contribution is 5.96. The van der Waals surface area contributed by atoms with Crippen LogP contribution in [-0.2, 0) is 9.59 Å². The minimum absolute atomic E-state index is 0.186. The van der Waals surface area contributed by atoms with Crippen LogP contribution in [0.15, 0.2) is 34.6 Å². The predicted molar refractivity (Wildman–Crippen MR) is 151 cm³/mol. The number of carboxylic acid groups (broad SMARTS) is 2. The maximum Gasteiger partial charge on any atom is 0.326 e. The van der Waals surface area contributed by atoms with Crippen molar-refractivity contribution in [1.82, 2.24) is 15.6 Å². The van der Waals surface area contributed by atoms with E-state index in [2.05, 4.69) is 48.7 Å². The van der Waals surface area contributed by atoms with Gasteiger partial charge in [-0.25, -0.2) is 4.79 Å². The van der Waals surface area contributed by atoms with Gasteiger partial charge in [-0.05, 0) is 69.5 Å². The third kappa shape index (κ3) is 18.3. The van der Waals surface area contributed by atoms with Gasteiger partial charge < -0.3 is 20.8 Å². The van der Waals surface area contributed by atoms with Crippen molar-refractivity contribution in [3.63, 3.8) is 0 Å². The Hall–Kier alpha value is -3.01. The van der Waals surface area contributed by atoms with Crippen molar-refractivity contribution in [1.29, 1.82) is 0 Å². The molecule has 1 rings (SSSR count). The minimum atomic E-state index is -1.27. The Balaban J connectivity index is 0.00000129. The van der Waals surface area contributed by atoms with Crippen LogP contribution in [0.4, 0.5) is 5.69 Å². The van der Waals surface area contributed by atoms with Gasteiger partial charge in [0, 0.05) is 25.1 Å². The summed E-state index contributed by atoms with van der Waals surface area (Å²) in [5.41, 5.74) is 0.847. The molecule has 4 N–H and O–H groups in total. The first-order valence-electron chi connectivity index (χ1n) is 14.0. The monoisotopic (exact) mass is 535 g/mol. The first-order valence-corrected chi connectivity index (χ1v) is 14.0. The van der Waals surface area contributed by atoms with Gasteiger partial charge in [-0.3, -0.25) is 14.6 Å². The fraction of sp³-hybridized carbons (Fsp3) is 0.679. The average Bonchev–Trinajstić information content (AvgIpc) is 2.90. The molecule has 0 aliphatic carbocycles. The molecule has 10 heteroatoms. The Morgan fingerprint density at radius 1 is 0.842 bits per heavy atom. The summed E-state index contributed by atoms with van der Waals surface area (Å²) >= 11 is 0. The van der Waals surface area contributed by atoms with Gasteiger partial charge in [-0.2, -0.15) is 0 Å². The van der Waals surface area contributed by atoms with Gasteiger partial charge in [0.2, 0.25) is 0 Å². The summed E-state index contributed by atoms with van der Waals surface area (Å²) in [6.45, 7) is 12.8. The number of aliphatic carboxylic acids is 2. The Morgan fingerprint density at radius 2 is 1.37 bits per heavy atom. The number of hydrogen-bond donors (Lipinski definition) is 4. The molecule has 1 atom stereocenters. The average molecular weight is 536 g/mol. The van der Waals surface area contributed by atoms with Crippen LogP contribution in [0.2, 0.25) is 0 Å². The second kappa shape index (κ2) is 23.1. The lowest BCUT2D eigenvalue weighted by Crippen LogP contribution is -2.41. The van der Waals surface area contributed by atoms with E-state index in [1.165, 1.54) is 50.9 Å². The molecular weight excluding hydrogens is 486 g/mol. The molecule has 10 nitrogen and oxygen atoms in total. The molecule has 0 heterocycles. The lowest BCUT2D eigenvalue weighted by atomic mass is 10.1. The first-order chi connectivity index (χ1) is 18.3. The van der Waals surface area contributed by atoms with Gasteiger partial charge in [0.15, 0.2) is 0 Å². The molecule has 1 amide bonds. The third-order valence-electron chi connectivity index (χ3n) is 5.62. The minimum Gasteiger partial charge on any atom is -0.481 e. The quantitative estimate of drug-likeness (QED) is 0.0936. The van der Waals surface area contributed by atoms with Crippen LogP contribution in [0, 0.1) is 0 Å².